The van der Waals surface area contributed by atoms with Gasteiger partial charge in [-0.15, -0.1) is 0 Å². The molecule has 1 heterocycles. The van der Waals surface area contributed by atoms with Crippen LogP contribution in [-0.4, -0.2) is 50.7 Å². The SMILES string of the molecule is CCCS(=O)(=O)N1CC[NH+]([C@@H]2CCC[C@H](C)C2)CC1. The summed E-state index contributed by atoms with van der Waals surface area (Å²) in [5.41, 5.74) is 0. The molecule has 2 rings (SSSR count). The lowest BCUT2D eigenvalue weighted by Gasteiger charge is -2.38. The second kappa shape index (κ2) is 6.55. The molecule has 0 aromatic rings. The van der Waals surface area contributed by atoms with Gasteiger partial charge in [0, 0.05) is 6.42 Å². The molecule has 1 aliphatic heterocycles. The Kier molecular flexibility index (Phi) is 5.26. The van der Waals surface area contributed by atoms with E-state index in [1.54, 1.807) is 9.21 Å². The van der Waals surface area contributed by atoms with Crippen LogP contribution in [0.25, 0.3) is 0 Å². The van der Waals surface area contributed by atoms with Gasteiger partial charge >= 0.3 is 0 Å². The monoisotopic (exact) mass is 289 g/mol. The van der Waals surface area contributed by atoms with E-state index in [0.717, 1.165) is 44.6 Å². The first-order valence-corrected chi connectivity index (χ1v) is 9.46. The van der Waals surface area contributed by atoms with Crippen LogP contribution in [0.2, 0.25) is 0 Å². The van der Waals surface area contributed by atoms with Crippen molar-refractivity contribution in [3.63, 3.8) is 0 Å². The maximum Gasteiger partial charge on any atom is 0.214 e. The first-order valence-electron chi connectivity index (χ1n) is 7.85. The lowest BCUT2D eigenvalue weighted by Crippen LogP contribution is -3.18. The van der Waals surface area contributed by atoms with Crippen molar-refractivity contribution < 1.29 is 13.3 Å². The predicted molar refractivity (Wildman–Crippen MR) is 77.8 cm³/mol. The molecule has 0 aromatic carbocycles. The summed E-state index contributed by atoms with van der Waals surface area (Å²) >= 11 is 0. The second-order valence-electron chi connectivity index (χ2n) is 6.34. The molecule has 1 saturated heterocycles. The Balaban J connectivity index is 1.85. The summed E-state index contributed by atoms with van der Waals surface area (Å²) in [6.45, 7) is 7.74. The third-order valence-corrected chi connectivity index (χ3v) is 6.81. The first-order chi connectivity index (χ1) is 9.03. The van der Waals surface area contributed by atoms with Crippen molar-refractivity contribution in [2.45, 2.75) is 52.0 Å². The lowest BCUT2D eigenvalue weighted by molar-refractivity contribution is -0.930. The fourth-order valence-corrected chi connectivity index (χ4v) is 5.16. The van der Waals surface area contributed by atoms with Crippen LogP contribution in [-0.2, 0) is 10.0 Å². The Hall–Kier alpha value is -0.130. The lowest BCUT2D eigenvalue weighted by atomic mass is 9.86. The molecule has 0 spiro atoms. The second-order valence-corrected chi connectivity index (χ2v) is 8.43. The average Bonchev–Trinajstić information content (AvgIpc) is 2.39. The van der Waals surface area contributed by atoms with Gasteiger partial charge < -0.3 is 4.90 Å². The van der Waals surface area contributed by atoms with Crippen molar-refractivity contribution in [2.75, 3.05) is 31.9 Å². The summed E-state index contributed by atoms with van der Waals surface area (Å²) in [6, 6.07) is 0.778. The van der Waals surface area contributed by atoms with Crippen LogP contribution >= 0.6 is 0 Å². The van der Waals surface area contributed by atoms with E-state index in [0.29, 0.717) is 5.75 Å². The van der Waals surface area contributed by atoms with E-state index in [-0.39, 0.29) is 0 Å². The fraction of sp³-hybridized carbons (Fsp3) is 1.00. The summed E-state index contributed by atoms with van der Waals surface area (Å²) in [7, 11) is -2.98. The van der Waals surface area contributed by atoms with Gasteiger partial charge in [-0.1, -0.05) is 20.3 Å². The zero-order chi connectivity index (χ0) is 13.9. The molecule has 0 radical (unpaired) electrons. The predicted octanol–water partition coefficient (Wildman–Crippen LogP) is 0.505. The number of quaternary nitrogens is 1. The van der Waals surface area contributed by atoms with Gasteiger partial charge in [-0.25, -0.2) is 8.42 Å². The molecule has 5 heteroatoms. The largest absolute Gasteiger partial charge is 0.330 e. The number of nitrogens with one attached hydrogen (secondary N) is 1. The van der Waals surface area contributed by atoms with E-state index in [1.807, 2.05) is 6.92 Å². The normalized spacial score (nSPS) is 31.5. The van der Waals surface area contributed by atoms with Gasteiger partial charge in [-0.3, -0.25) is 0 Å². The fourth-order valence-electron chi connectivity index (χ4n) is 3.65. The van der Waals surface area contributed by atoms with Crippen molar-refractivity contribution in [3.05, 3.63) is 0 Å². The molecule has 0 bridgehead atoms. The molecule has 0 aromatic heterocycles. The van der Waals surface area contributed by atoms with E-state index < -0.39 is 10.0 Å². The number of hydrogen-bond donors (Lipinski definition) is 1. The highest BCUT2D eigenvalue weighted by Gasteiger charge is 2.33. The van der Waals surface area contributed by atoms with Crippen molar-refractivity contribution in [1.82, 2.24) is 4.31 Å². The van der Waals surface area contributed by atoms with Crippen molar-refractivity contribution >= 4 is 10.0 Å². The zero-order valence-corrected chi connectivity index (χ0v) is 13.2. The van der Waals surface area contributed by atoms with Crippen LogP contribution < -0.4 is 4.90 Å². The van der Waals surface area contributed by atoms with Crippen LogP contribution in [0, 0.1) is 5.92 Å². The Bertz CT molecular complexity index is 375. The maximum atomic E-state index is 12.0. The maximum absolute atomic E-state index is 12.0. The van der Waals surface area contributed by atoms with E-state index in [2.05, 4.69) is 6.92 Å². The molecule has 1 N–H and O–H groups in total. The highest BCUT2D eigenvalue weighted by atomic mass is 32.2. The molecule has 1 saturated carbocycles. The molecular weight excluding hydrogens is 260 g/mol. The zero-order valence-electron chi connectivity index (χ0n) is 12.4. The molecule has 4 nitrogen and oxygen atoms in total. The van der Waals surface area contributed by atoms with E-state index in [1.165, 1.54) is 25.7 Å². The Morgan fingerprint density at radius 3 is 2.47 bits per heavy atom. The third kappa shape index (κ3) is 3.92. The van der Waals surface area contributed by atoms with Crippen molar-refractivity contribution in [1.29, 1.82) is 0 Å². The highest BCUT2D eigenvalue weighted by molar-refractivity contribution is 7.89. The minimum absolute atomic E-state index is 0.308. The van der Waals surface area contributed by atoms with Crippen LogP contribution in [0.15, 0.2) is 0 Å². The Morgan fingerprint density at radius 1 is 1.21 bits per heavy atom. The highest BCUT2D eigenvalue weighted by Crippen LogP contribution is 2.22. The summed E-state index contributed by atoms with van der Waals surface area (Å²) in [5.74, 6) is 1.16. The molecule has 2 aliphatic rings. The third-order valence-electron chi connectivity index (χ3n) is 4.73. The molecule has 19 heavy (non-hydrogen) atoms. The van der Waals surface area contributed by atoms with Crippen LogP contribution in [0.1, 0.15) is 46.0 Å². The van der Waals surface area contributed by atoms with E-state index in [9.17, 15) is 8.42 Å². The molecule has 1 aliphatic carbocycles. The minimum Gasteiger partial charge on any atom is -0.330 e. The average molecular weight is 289 g/mol. The van der Waals surface area contributed by atoms with Gasteiger partial charge in [0.05, 0.1) is 38.0 Å². The molecule has 0 amide bonds. The van der Waals surface area contributed by atoms with Crippen LogP contribution in [0.5, 0.6) is 0 Å². The number of rotatable bonds is 4. The van der Waals surface area contributed by atoms with Crippen LogP contribution in [0.4, 0.5) is 0 Å². The molecule has 2 atom stereocenters. The first kappa shape index (κ1) is 15.3. The number of sulfonamides is 1. The summed E-state index contributed by atoms with van der Waals surface area (Å²) in [6.07, 6.45) is 6.11. The summed E-state index contributed by atoms with van der Waals surface area (Å²) in [4.78, 5) is 1.65. The van der Waals surface area contributed by atoms with Gasteiger partial charge in [0.25, 0.3) is 0 Å². The molecular formula is C14H29N2O2S+. The van der Waals surface area contributed by atoms with Gasteiger partial charge in [-0.2, -0.15) is 4.31 Å². The van der Waals surface area contributed by atoms with Gasteiger partial charge in [0.1, 0.15) is 0 Å². The summed E-state index contributed by atoms with van der Waals surface area (Å²) in [5, 5.41) is 0. The molecule has 0 unspecified atom stereocenters. The van der Waals surface area contributed by atoms with Crippen molar-refractivity contribution in [3.8, 4) is 0 Å². The standard InChI is InChI=1S/C14H28N2O2S/c1-3-11-19(17,18)16-9-7-15(8-10-16)14-6-4-5-13(2)12-14/h13-14H,3-12H2,1-2H3/p+1/t13-,14+/m0/s1. The van der Waals surface area contributed by atoms with Gasteiger partial charge in [-0.05, 0) is 25.2 Å². The number of hydrogen-bond acceptors (Lipinski definition) is 2. The smallest absolute Gasteiger partial charge is 0.214 e. The quantitative estimate of drug-likeness (QED) is 0.819. The topological polar surface area (TPSA) is 41.8 Å². The van der Waals surface area contributed by atoms with Gasteiger partial charge in [0.2, 0.25) is 10.0 Å². The summed E-state index contributed by atoms with van der Waals surface area (Å²) < 4.78 is 25.8. The number of piperazine rings is 1. The van der Waals surface area contributed by atoms with E-state index in [4.69, 9.17) is 0 Å². The number of nitrogens with zero attached hydrogens (tertiary/aromatic N) is 1. The molecule has 2 fully saturated rings. The Labute approximate surface area is 118 Å². The van der Waals surface area contributed by atoms with Gasteiger partial charge in [0.15, 0.2) is 0 Å². The molecule has 112 valence electrons. The van der Waals surface area contributed by atoms with Crippen molar-refractivity contribution in [2.24, 2.45) is 5.92 Å². The minimum atomic E-state index is -2.98. The Morgan fingerprint density at radius 2 is 1.89 bits per heavy atom. The van der Waals surface area contributed by atoms with Crippen LogP contribution in [0.3, 0.4) is 0 Å². The van der Waals surface area contributed by atoms with E-state index >= 15 is 0 Å².